The number of nitrogens with one attached hydrogen (secondary N) is 1. The molecule has 0 spiro atoms. The number of carbonyl (C=O) groups is 2. The number of halogens is 1. The highest BCUT2D eigenvalue weighted by atomic mass is 32.2. The predicted molar refractivity (Wildman–Crippen MR) is 102 cm³/mol. The Morgan fingerprint density at radius 2 is 1.90 bits per heavy atom. The average Bonchev–Trinajstić information content (AvgIpc) is 3.50. The van der Waals surface area contributed by atoms with E-state index in [1.54, 1.807) is 19.1 Å². The minimum Gasteiger partial charge on any atom is -0.480 e. The van der Waals surface area contributed by atoms with Crippen LogP contribution in [0.2, 0.25) is 0 Å². The molecule has 1 aliphatic carbocycles. The molecule has 0 radical (unpaired) electrons. The van der Waals surface area contributed by atoms with Crippen molar-refractivity contribution in [2.45, 2.75) is 31.6 Å². The topological polar surface area (TPSA) is 116 Å². The van der Waals surface area contributed by atoms with Crippen molar-refractivity contribution in [3.8, 4) is 5.75 Å². The maximum Gasteiger partial charge on any atom is 0.407 e. The van der Waals surface area contributed by atoms with Gasteiger partial charge in [-0.2, -0.15) is 0 Å². The molecule has 1 aliphatic heterocycles. The highest BCUT2D eigenvalue weighted by Crippen LogP contribution is 2.28. The third-order valence-electron chi connectivity index (χ3n) is 4.98. The van der Waals surface area contributed by atoms with E-state index in [2.05, 4.69) is 0 Å². The Balaban J connectivity index is 1.64. The lowest BCUT2D eigenvalue weighted by atomic mass is 10.1. The molecule has 1 aromatic carbocycles. The average molecular weight is 429 g/mol. The van der Waals surface area contributed by atoms with Crippen LogP contribution in [-0.4, -0.2) is 73.4 Å². The number of carboxylic acid groups (broad SMARTS) is 1. The maximum atomic E-state index is 14.6. The third-order valence-corrected chi connectivity index (χ3v) is 6.84. The van der Waals surface area contributed by atoms with E-state index in [4.69, 9.17) is 9.84 Å². The Kier molecular flexibility index (Phi) is 6.27. The second-order valence-corrected chi connectivity index (χ2v) is 9.25. The molecule has 3 rings (SSSR count). The van der Waals surface area contributed by atoms with Gasteiger partial charge >= 0.3 is 6.09 Å². The van der Waals surface area contributed by atoms with E-state index < -0.39 is 39.7 Å². The van der Waals surface area contributed by atoms with Crippen LogP contribution in [0.5, 0.6) is 5.75 Å². The van der Waals surface area contributed by atoms with Crippen molar-refractivity contribution >= 4 is 22.0 Å². The lowest BCUT2D eigenvalue weighted by molar-refractivity contribution is -0.121. The van der Waals surface area contributed by atoms with Gasteiger partial charge in [-0.3, -0.25) is 9.69 Å². The summed E-state index contributed by atoms with van der Waals surface area (Å²) in [6.07, 6.45) is 0.0760. The van der Waals surface area contributed by atoms with Gasteiger partial charge in [0.2, 0.25) is 10.0 Å². The van der Waals surface area contributed by atoms with E-state index in [1.165, 1.54) is 4.90 Å². The number of sulfonamides is 1. The van der Waals surface area contributed by atoms with Crippen LogP contribution in [0, 0.1) is 12.7 Å². The summed E-state index contributed by atoms with van der Waals surface area (Å²) >= 11 is 0. The van der Waals surface area contributed by atoms with Gasteiger partial charge in [0.15, 0.2) is 18.2 Å². The summed E-state index contributed by atoms with van der Waals surface area (Å²) in [6, 6.07) is 3.29. The first-order chi connectivity index (χ1) is 13.7. The van der Waals surface area contributed by atoms with E-state index >= 15 is 0 Å². The van der Waals surface area contributed by atoms with Gasteiger partial charge in [0, 0.05) is 38.3 Å². The van der Waals surface area contributed by atoms with Gasteiger partial charge in [0.1, 0.15) is 0 Å². The number of hydrogen-bond donors (Lipinski definition) is 2. The number of benzene rings is 1. The molecule has 2 N–H and O–H groups in total. The van der Waals surface area contributed by atoms with Crippen molar-refractivity contribution in [2.75, 3.05) is 32.8 Å². The van der Waals surface area contributed by atoms with E-state index in [0.717, 1.165) is 0 Å². The van der Waals surface area contributed by atoms with E-state index in [0.29, 0.717) is 56.7 Å². The van der Waals surface area contributed by atoms with Crippen LogP contribution in [0.25, 0.3) is 0 Å². The quantitative estimate of drug-likeness (QED) is 0.662. The van der Waals surface area contributed by atoms with Crippen LogP contribution in [0.4, 0.5) is 9.18 Å². The second-order valence-electron chi connectivity index (χ2n) is 7.29. The number of ether oxygens (including phenoxy) is 1. The highest BCUT2D eigenvalue weighted by Gasteiger charge is 2.37. The van der Waals surface area contributed by atoms with Crippen LogP contribution in [0.3, 0.4) is 0 Å². The molecule has 0 aromatic heterocycles. The van der Waals surface area contributed by atoms with Crippen molar-refractivity contribution in [3.05, 3.63) is 29.1 Å². The van der Waals surface area contributed by atoms with E-state index in [9.17, 15) is 22.4 Å². The van der Waals surface area contributed by atoms with E-state index in [-0.39, 0.29) is 5.75 Å². The number of piperazine rings is 1. The molecule has 0 unspecified atom stereocenters. The Morgan fingerprint density at radius 3 is 2.48 bits per heavy atom. The molecule has 0 atom stereocenters. The second kappa shape index (κ2) is 8.54. The zero-order valence-corrected chi connectivity index (χ0v) is 16.9. The van der Waals surface area contributed by atoms with Gasteiger partial charge in [-0.25, -0.2) is 22.3 Å². The van der Waals surface area contributed by atoms with Crippen molar-refractivity contribution in [2.24, 2.45) is 0 Å². The number of nitrogens with zero attached hydrogens (tertiary/aromatic N) is 2. The lowest BCUT2D eigenvalue weighted by Gasteiger charge is -2.33. The molecule has 29 heavy (non-hydrogen) atoms. The first-order valence-corrected chi connectivity index (χ1v) is 10.9. The van der Waals surface area contributed by atoms with Crippen molar-refractivity contribution in [3.63, 3.8) is 0 Å². The normalized spacial score (nSPS) is 17.8. The fourth-order valence-corrected chi connectivity index (χ4v) is 4.40. The Labute approximate surface area is 168 Å². The molecular weight excluding hydrogens is 405 g/mol. The van der Waals surface area contributed by atoms with Crippen molar-refractivity contribution in [1.82, 2.24) is 14.5 Å². The molecule has 2 aliphatic rings. The number of amides is 2. The van der Waals surface area contributed by atoms with Crippen molar-refractivity contribution in [1.29, 1.82) is 0 Å². The molecule has 0 bridgehead atoms. The standard InChI is InChI=1S/C18H24FN3O6S/c1-12-2-3-13(10-21-6-8-22(9-7-21)18(24)25)17(16(12)19)28-11-15(23)20-29(26,27)14-4-5-14/h2-3,14H,4-11H2,1H3,(H,20,23)(H,24,25). The highest BCUT2D eigenvalue weighted by molar-refractivity contribution is 7.90. The van der Waals surface area contributed by atoms with Gasteiger partial charge in [0.05, 0.1) is 5.25 Å². The smallest absolute Gasteiger partial charge is 0.407 e. The van der Waals surface area contributed by atoms with Crippen LogP contribution in [0.15, 0.2) is 12.1 Å². The predicted octanol–water partition coefficient (Wildman–Crippen LogP) is 0.917. The first-order valence-electron chi connectivity index (χ1n) is 9.33. The molecule has 1 heterocycles. The summed E-state index contributed by atoms with van der Waals surface area (Å²) in [6.45, 7) is 2.94. The van der Waals surface area contributed by atoms with E-state index in [1.807, 2.05) is 9.62 Å². The van der Waals surface area contributed by atoms with Crippen LogP contribution < -0.4 is 9.46 Å². The summed E-state index contributed by atoms with van der Waals surface area (Å²) < 4.78 is 45.6. The lowest BCUT2D eigenvalue weighted by Crippen LogP contribution is -2.47. The fourth-order valence-electron chi connectivity index (χ4n) is 3.10. The molecule has 2 fully saturated rings. The van der Waals surface area contributed by atoms with Crippen LogP contribution in [-0.2, 0) is 21.4 Å². The van der Waals surface area contributed by atoms with Gasteiger partial charge in [0.25, 0.3) is 5.91 Å². The Hall–Kier alpha value is -2.40. The Bertz CT molecular complexity index is 895. The summed E-state index contributed by atoms with van der Waals surface area (Å²) in [4.78, 5) is 26.2. The molecule has 9 nitrogen and oxygen atoms in total. The Morgan fingerprint density at radius 1 is 1.24 bits per heavy atom. The molecule has 2 amide bonds. The third kappa shape index (κ3) is 5.36. The summed E-state index contributed by atoms with van der Waals surface area (Å²) in [5, 5.41) is 8.48. The number of carbonyl (C=O) groups excluding carboxylic acids is 1. The number of hydrogen-bond acceptors (Lipinski definition) is 6. The van der Waals surface area contributed by atoms with Gasteiger partial charge in [-0.05, 0) is 25.3 Å². The number of rotatable bonds is 7. The maximum absolute atomic E-state index is 14.6. The molecule has 1 aromatic rings. The fraction of sp³-hybridized carbons (Fsp3) is 0.556. The summed E-state index contributed by atoms with van der Waals surface area (Å²) in [7, 11) is -3.69. The van der Waals surface area contributed by atoms with Gasteiger partial charge in [-0.15, -0.1) is 0 Å². The van der Waals surface area contributed by atoms with Crippen molar-refractivity contribution < 1.29 is 32.2 Å². The molecule has 11 heteroatoms. The monoisotopic (exact) mass is 429 g/mol. The summed E-state index contributed by atoms with van der Waals surface area (Å²) in [5.74, 6) is -1.55. The largest absolute Gasteiger partial charge is 0.480 e. The molecule has 160 valence electrons. The zero-order valence-electron chi connectivity index (χ0n) is 16.1. The van der Waals surface area contributed by atoms with Gasteiger partial charge in [-0.1, -0.05) is 12.1 Å². The number of aryl methyl sites for hydroxylation is 1. The SMILES string of the molecule is Cc1ccc(CN2CCN(C(=O)O)CC2)c(OCC(=O)NS(=O)(=O)C2CC2)c1F. The molecular formula is C18H24FN3O6S. The molecule has 1 saturated heterocycles. The van der Waals surface area contributed by atoms with Crippen LogP contribution >= 0.6 is 0 Å². The summed E-state index contributed by atoms with van der Waals surface area (Å²) in [5.41, 5.74) is 0.847. The first kappa shape index (κ1) is 21.3. The zero-order chi connectivity index (χ0) is 21.2. The molecule has 1 saturated carbocycles. The van der Waals surface area contributed by atoms with Gasteiger partial charge < -0.3 is 14.7 Å². The minimum absolute atomic E-state index is 0.0929. The minimum atomic E-state index is -3.69. The van der Waals surface area contributed by atoms with Crippen LogP contribution in [0.1, 0.15) is 24.0 Å².